The Morgan fingerprint density at radius 2 is 0.750 bits per heavy atom. The topological polar surface area (TPSA) is 0 Å². The van der Waals surface area contributed by atoms with Crippen LogP contribution in [-0.4, -0.2) is 22.1 Å². The van der Waals surface area contributed by atoms with Crippen LogP contribution in [0.2, 0.25) is 0 Å². The van der Waals surface area contributed by atoms with E-state index in [1.54, 1.807) is 0 Å². The first-order valence-electron chi connectivity index (χ1n) is 2.51. The van der Waals surface area contributed by atoms with Crippen LogP contribution >= 0.6 is 23.2 Å². The Morgan fingerprint density at radius 3 is 0.833 bits per heavy atom. The molecule has 0 radical (unpaired) electrons. The van der Waals surface area contributed by atoms with Crippen molar-refractivity contribution in [1.29, 1.82) is 0 Å². The van der Waals surface area contributed by atoms with Crippen molar-refractivity contribution in [3.05, 3.63) is 0 Å². The molecule has 0 atom stereocenters. The first kappa shape index (κ1) is 10.2. The zero-order chi connectivity index (χ0) is 10.0. The molecule has 0 bridgehead atoms. The Hall–Kier alpha value is 0.160. The Kier molecular flexibility index (Phi) is 1.68. The average Bonchev–Trinajstić information content (AvgIpc) is 1.84. The van der Waals surface area contributed by atoms with Gasteiger partial charge in [0.05, 0.1) is 0 Å². The standard InChI is InChI=1S/C4Cl2F6/c5-1(7)3(9,10)2(6,8)4(1,11)12. The number of halogens is 8. The molecule has 1 fully saturated rings. The predicted molar refractivity (Wildman–Crippen MR) is 29.3 cm³/mol. The highest BCUT2D eigenvalue weighted by atomic mass is 35.5. The number of hydrogen-bond donors (Lipinski definition) is 0. The number of hydrogen-bond acceptors (Lipinski definition) is 0. The summed E-state index contributed by atoms with van der Waals surface area (Å²) < 4.78 is 72.8. The Morgan fingerprint density at radius 1 is 0.583 bits per heavy atom. The van der Waals surface area contributed by atoms with Crippen LogP contribution in [0.3, 0.4) is 0 Å². The van der Waals surface area contributed by atoms with Gasteiger partial charge >= 0.3 is 22.1 Å². The molecule has 1 saturated carbocycles. The van der Waals surface area contributed by atoms with Crippen LogP contribution in [0.4, 0.5) is 26.3 Å². The molecule has 0 aromatic carbocycles. The first-order valence-corrected chi connectivity index (χ1v) is 3.27. The molecule has 0 aromatic rings. The Labute approximate surface area is 72.4 Å². The Balaban J connectivity index is 3.16. The maximum absolute atomic E-state index is 12.2. The van der Waals surface area contributed by atoms with E-state index in [1.807, 2.05) is 0 Å². The van der Waals surface area contributed by atoms with Crippen LogP contribution in [0.5, 0.6) is 0 Å². The molecule has 1 aliphatic carbocycles. The fourth-order valence-electron chi connectivity index (χ4n) is 0.726. The van der Waals surface area contributed by atoms with Gasteiger partial charge in [-0.15, -0.1) is 0 Å². The molecular formula is C4Cl2F6. The predicted octanol–water partition coefficient (Wildman–Crippen LogP) is 3.08. The van der Waals surface area contributed by atoms with Gasteiger partial charge in [0.1, 0.15) is 0 Å². The van der Waals surface area contributed by atoms with Gasteiger partial charge in [0.25, 0.3) is 0 Å². The van der Waals surface area contributed by atoms with E-state index in [-0.39, 0.29) is 0 Å². The minimum atomic E-state index is -5.10. The highest BCUT2D eigenvalue weighted by Gasteiger charge is 2.98. The minimum absolute atomic E-state index is 4.08. The molecule has 0 saturated heterocycles. The number of rotatable bonds is 0. The van der Waals surface area contributed by atoms with Crippen molar-refractivity contribution in [3.63, 3.8) is 0 Å². The van der Waals surface area contributed by atoms with Crippen LogP contribution in [0.1, 0.15) is 0 Å². The molecule has 0 spiro atoms. The maximum Gasteiger partial charge on any atom is 0.354 e. The minimum Gasteiger partial charge on any atom is -0.212 e. The van der Waals surface area contributed by atoms with E-state index >= 15 is 0 Å². The van der Waals surface area contributed by atoms with Crippen molar-refractivity contribution < 1.29 is 26.3 Å². The SMILES string of the molecule is FC1(F)C(F)(Cl)C(F)(F)C1(F)Cl. The highest BCUT2D eigenvalue weighted by molar-refractivity contribution is 6.32. The highest BCUT2D eigenvalue weighted by Crippen LogP contribution is 2.71. The summed E-state index contributed by atoms with van der Waals surface area (Å²) in [6.07, 6.45) is 0. The van der Waals surface area contributed by atoms with E-state index < -0.39 is 22.1 Å². The van der Waals surface area contributed by atoms with E-state index in [2.05, 4.69) is 23.2 Å². The largest absolute Gasteiger partial charge is 0.354 e. The molecule has 12 heavy (non-hydrogen) atoms. The van der Waals surface area contributed by atoms with Gasteiger partial charge in [0.2, 0.25) is 0 Å². The van der Waals surface area contributed by atoms with Gasteiger partial charge in [-0.05, 0) is 0 Å². The van der Waals surface area contributed by atoms with Crippen LogP contribution < -0.4 is 0 Å². The van der Waals surface area contributed by atoms with Crippen LogP contribution in [0.25, 0.3) is 0 Å². The molecule has 0 N–H and O–H groups in total. The lowest BCUT2D eigenvalue weighted by Gasteiger charge is -2.51. The quantitative estimate of drug-likeness (QED) is 0.445. The monoisotopic (exact) mass is 232 g/mol. The van der Waals surface area contributed by atoms with Crippen molar-refractivity contribution >= 4 is 23.2 Å². The molecule has 1 aliphatic rings. The summed E-state index contributed by atoms with van der Waals surface area (Å²) in [5.74, 6) is -10.2. The lowest BCUT2D eigenvalue weighted by Crippen LogP contribution is -2.81. The summed E-state index contributed by atoms with van der Waals surface area (Å²) in [7, 11) is 0. The van der Waals surface area contributed by atoms with E-state index in [0.717, 1.165) is 0 Å². The smallest absolute Gasteiger partial charge is 0.212 e. The van der Waals surface area contributed by atoms with Gasteiger partial charge in [-0.1, -0.05) is 23.2 Å². The summed E-state index contributed by atoms with van der Waals surface area (Å²) in [5.41, 5.74) is 0. The van der Waals surface area contributed by atoms with E-state index in [0.29, 0.717) is 0 Å². The van der Waals surface area contributed by atoms with E-state index in [4.69, 9.17) is 0 Å². The summed E-state index contributed by atoms with van der Waals surface area (Å²) in [6, 6.07) is 0. The van der Waals surface area contributed by atoms with Crippen molar-refractivity contribution in [1.82, 2.24) is 0 Å². The van der Waals surface area contributed by atoms with Crippen LogP contribution in [0, 0.1) is 0 Å². The molecule has 0 unspecified atom stereocenters. The van der Waals surface area contributed by atoms with E-state index in [9.17, 15) is 26.3 Å². The van der Waals surface area contributed by atoms with Gasteiger partial charge in [0.15, 0.2) is 0 Å². The van der Waals surface area contributed by atoms with Crippen LogP contribution in [-0.2, 0) is 0 Å². The van der Waals surface area contributed by atoms with Gasteiger partial charge in [0, 0.05) is 0 Å². The van der Waals surface area contributed by atoms with Crippen molar-refractivity contribution in [2.24, 2.45) is 0 Å². The van der Waals surface area contributed by atoms with Gasteiger partial charge in [-0.3, -0.25) is 0 Å². The lowest BCUT2D eigenvalue weighted by atomic mass is 9.83. The molecule has 0 aliphatic heterocycles. The molecule has 0 nitrogen and oxygen atoms in total. The first-order chi connectivity index (χ1) is 5.00. The summed E-state index contributed by atoms with van der Waals surface area (Å²) in [6.45, 7) is 0. The third kappa shape index (κ3) is 0.652. The normalized spacial score (nSPS) is 50.0. The third-order valence-electron chi connectivity index (χ3n) is 1.58. The zero-order valence-corrected chi connectivity index (χ0v) is 6.54. The maximum atomic E-state index is 12.2. The molecule has 72 valence electrons. The van der Waals surface area contributed by atoms with Crippen molar-refractivity contribution in [2.45, 2.75) is 22.1 Å². The van der Waals surface area contributed by atoms with Crippen LogP contribution in [0.15, 0.2) is 0 Å². The molecule has 0 amide bonds. The molecule has 8 heteroatoms. The summed E-state index contributed by atoms with van der Waals surface area (Å²) in [4.78, 5) is 0. The average molecular weight is 233 g/mol. The van der Waals surface area contributed by atoms with E-state index in [1.165, 1.54) is 0 Å². The Bertz CT molecular complexity index is 158. The second kappa shape index (κ2) is 1.97. The second-order valence-corrected chi connectivity index (χ2v) is 3.34. The molecule has 0 aromatic heterocycles. The third-order valence-corrected chi connectivity index (χ3v) is 2.53. The molecule has 1 rings (SSSR count). The zero-order valence-electron chi connectivity index (χ0n) is 5.02. The fraction of sp³-hybridized carbons (Fsp3) is 1.00. The van der Waals surface area contributed by atoms with Crippen molar-refractivity contribution in [3.8, 4) is 0 Å². The molecular weight excluding hydrogens is 233 g/mol. The van der Waals surface area contributed by atoms with Gasteiger partial charge in [-0.25, -0.2) is 8.78 Å². The van der Waals surface area contributed by atoms with Crippen molar-refractivity contribution in [2.75, 3.05) is 0 Å². The van der Waals surface area contributed by atoms with Gasteiger partial charge < -0.3 is 0 Å². The van der Waals surface area contributed by atoms with Gasteiger partial charge in [-0.2, -0.15) is 17.6 Å². The fourth-order valence-corrected chi connectivity index (χ4v) is 1.34. The summed E-state index contributed by atoms with van der Waals surface area (Å²) in [5, 5.41) is -9.51. The lowest BCUT2D eigenvalue weighted by molar-refractivity contribution is -0.375. The second-order valence-electron chi connectivity index (χ2n) is 2.30. The number of alkyl halides is 8. The molecule has 0 heterocycles. The summed E-state index contributed by atoms with van der Waals surface area (Å²) >= 11 is 8.16.